The number of nitrogens with zero attached hydrogens (tertiary/aromatic N) is 4. The van der Waals surface area contributed by atoms with E-state index < -0.39 is 15.9 Å². The summed E-state index contributed by atoms with van der Waals surface area (Å²) in [6, 6.07) is -0.613. The molecule has 2 aliphatic carbocycles. The fraction of sp³-hybridized carbons (Fsp3) is 0.550. The number of anilines is 1. The molecule has 2 amide bonds. The molecule has 2 atom stereocenters. The van der Waals surface area contributed by atoms with Gasteiger partial charge in [-0.2, -0.15) is 5.10 Å². The van der Waals surface area contributed by atoms with Crippen LogP contribution in [0, 0.1) is 0 Å². The Morgan fingerprint density at radius 1 is 1.29 bits per heavy atom. The van der Waals surface area contributed by atoms with Crippen molar-refractivity contribution in [2.24, 2.45) is 9.50 Å². The highest BCUT2D eigenvalue weighted by Gasteiger charge is 2.29. The monoisotopic (exact) mass is 445 g/mol. The Hall–Kier alpha value is -2.50. The first-order valence-electron chi connectivity index (χ1n) is 10.8. The zero-order chi connectivity index (χ0) is 21.6. The van der Waals surface area contributed by atoms with Crippen LogP contribution >= 0.6 is 0 Å². The van der Waals surface area contributed by atoms with Gasteiger partial charge in [0.2, 0.25) is 5.88 Å². The number of ether oxygens (including phenoxy) is 1. The van der Waals surface area contributed by atoms with Crippen LogP contribution in [0.2, 0.25) is 0 Å². The van der Waals surface area contributed by atoms with Crippen molar-refractivity contribution in [3.05, 3.63) is 28.7 Å². The van der Waals surface area contributed by atoms with Crippen LogP contribution in [0.25, 0.3) is 0 Å². The molecule has 3 aliphatic rings. The molecule has 0 aromatic carbocycles. The average Bonchev–Trinajstić information content (AvgIpc) is 3.46. The maximum Gasteiger partial charge on any atom is 0.354 e. The molecule has 0 saturated heterocycles. The Bertz CT molecular complexity index is 1130. The molecule has 0 bridgehead atoms. The smallest absolute Gasteiger partial charge is 0.354 e. The lowest BCUT2D eigenvalue weighted by atomic mass is 10.1. The minimum absolute atomic E-state index is 0.107. The van der Waals surface area contributed by atoms with E-state index in [1.54, 1.807) is 4.68 Å². The summed E-state index contributed by atoms with van der Waals surface area (Å²) in [7, 11) is -3.52. The van der Waals surface area contributed by atoms with Crippen molar-refractivity contribution < 1.29 is 13.7 Å². The molecule has 3 heterocycles. The Kier molecular flexibility index (Phi) is 5.19. The molecule has 4 N–H and O–H groups in total. The van der Waals surface area contributed by atoms with E-state index in [1.165, 1.54) is 6.20 Å². The number of aryl methyl sites for hydroxylation is 2. The fourth-order valence-electron chi connectivity index (χ4n) is 4.73. The van der Waals surface area contributed by atoms with Crippen LogP contribution in [0.15, 0.2) is 15.5 Å². The number of pyridine rings is 1. The van der Waals surface area contributed by atoms with Crippen LogP contribution in [0.3, 0.4) is 0 Å². The zero-order valence-electron chi connectivity index (χ0n) is 17.5. The number of urea groups is 1. The third kappa shape index (κ3) is 3.70. The van der Waals surface area contributed by atoms with Gasteiger partial charge in [0.05, 0.1) is 24.5 Å². The molecular weight excluding hydrogens is 418 g/mol. The highest BCUT2D eigenvalue weighted by Crippen LogP contribution is 2.36. The number of rotatable bonds is 4. The Morgan fingerprint density at radius 3 is 2.68 bits per heavy atom. The maximum absolute atomic E-state index is 13.2. The lowest BCUT2D eigenvalue weighted by Gasteiger charge is -2.25. The fourth-order valence-corrected chi connectivity index (χ4v) is 5.73. The summed E-state index contributed by atoms with van der Waals surface area (Å²) in [5.74, 6) is 0.309. The molecule has 10 nitrogen and oxygen atoms in total. The molecule has 2 aromatic heterocycles. The summed E-state index contributed by atoms with van der Waals surface area (Å²) in [4.78, 5) is 17.7. The van der Waals surface area contributed by atoms with Gasteiger partial charge in [-0.3, -0.25) is 4.98 Å². The zero-order valence-corrected chi connectivity index (χ0v) is 18.3. The molecule has 31 heavy (non-hydrogen) atoms. The van der Waals surface area contributed by atoms with Gasteiger partial charge in [-0.1, -0.05) is 6.92 Å². The van der Waals surface area contributed by atoms with Gasteiger partial charge in [0.15, 0.2) is 9.92 Å². The van der Waals surface area contributed by atoms with Crippen molar-refractivity contribution in [1.82, 2.24) is 20.1 Å². The molecular formula is C20H27N7O3S. The number of aromatic nitrogens is 3. The lowest BCUT2D eigenvalue weighted by Crippen LogP contribution is -2.42. The van der Waals surface area contributed by atoms with Gasteiger partial charge in [0.25, 0.3) is 0 Å². The Labute approximate surface area is 181 Å². The predicted octanol–water partition coefficient (Wildman–Crippen LogP) is 1.56. The number of carbonyl (C=O) groups is 1. The minimum atomic E-state index is -3.52. The molecule has 0 radical (unpaired) electrons. The second-order valence-corrected chi connectivity index (χ2v) is 9.96. The van der Waals surface area contributed by atoms with Crippen molar-refractivity contribution in [3.8, 4) is 5.88 Å². The van der Waals surface area contributed by atoms with Gasteiger partial charge in [0.1, 0.15) is 11.5 Å². The Balaban J connectivity index is 1.42. The molecule has 2 unspecified atom stereocenters. The average molecular weight is 446 g/mol. The number of hydrogen-bond acceptors (Lipinski definition) is 6. The summed E-state index contributed by atoms with van der Waals surface area (Å²) in [6.45, 7) is 3.80. The molecule has 0 saturated carbocycles. The number of fused-ring (bicyclic) bond motifs is 3. The third-order valence-electron chi connectivity index (χ3n) is 6.08. The molecule has 1 aliphatic heterocycles. The summed E-state index contributed by atoms with van der Waals surface area (Å²) in [6.07, 6.45) is 7.01. The van der Waals surface area contributed by atoms with Crippen molar-refractivity contribution >= 4 is 21.6 Å². The summed E-state index contributed by atoms with van der Waals surface area (Å²) in [5.41, 5.74) is 5.06. The highest BCUT2D eigenvalue weighted by atomic mass is 32.2. The third-order valence-corrected chi connectivity index (χ3v) is 7.43. The second-order valence-electron chi connectivity index (χ2n) is 8.20. The molecule has 0 spiro atoms. The van der Waals surface area contributed by atoms with Gasteiger partial charge in [0, 0.05) is 11.4 Å². The first-order valence-corrected chi connectivity index (χ1v) is 12.4. The molecule has 0 fully saturated rings. The van der Waals surface area contributed by atoms with E-state index in [-0.39, 0.29) is 10.9 Å². The number of hydrogen-bond donors (Lipinski definition) is 3. The SMILES string of the molecule is CCNC1COc2c(S(N)(=O)=NC(=O)Nc3c4c(nc5c3CCC5)CCC4)cnn2C1. The first kappa shape index (κ1) is 20.4. The van der Waals surface area contributed by atoms with Gasteiger partial charge >= 0.3 is 6.03 Å². The van der Waals surface area contributed by atoms with Gasteiger partial charge in [-0.25, -0.2) is 18.8 Å². The topological polar surface area (TPSA) is 137 Å². The Morgan fingerprint density at radius 2 is 2.00 bits per heavy atom. The number of nitrogens with two attached hydrogens (primary N) is 1. The van der Waals surface area contributed by atoms with E-state index in [4.69, 9.17) is 14.9 Å². The van der Waals surface area contributed by atoms with E-state index >= 15 is 0 Å². The lowest BCUT2D eigenvalue weighted by molar-refractivity contribution is 0.180. The summed E-state index contributed by atoms with van der Waals surface area (Å²) >= 11 is 0. The van der Waals surface area contributed by atoms with E-state index in [2.05, 4.69) is 20.1 Å². The van der Waals surface area contributed by atoms with Crippen LogP contribution < -0.4 is 20.5 Å². The number of nitrogens with one attached hydrogen (secondary N) is 2. The number of likely N-dealkylation sites (N-methyl/N-ethyl adjacent to an activating group) is 1. The summed E-state index contributed by atoms with van der Waals surface area (Å²) in [5, 5.41) is 16.4. The molecule has 5 rings (SSSR count). The normalized spacial score (nSPS) is 20.9. The van der Waals surface area contributed by atoms with Crippen LogP contribution in [-0.2, 0) is 42.1 Å². The van der Waals surface area contributed by atoms with Crippen LogP contribution in [0.4, 0.5) is 10.5 Å². The van der Waals surface area contributed by atoms with E-state index in [0.717, 1.165) is 73.3 Å². The minimum Gasteiger partial charge on any atom is -0.475 e. The van der Waals surface area contributed by atoms with Gasteiger partial charge < -0.3 is 15.4 Å². The van der Waals surface area contributed by atoms with Gasteiger partial charge in [-0.15, -0.1) is 4.36 Å². The van der Waals surface area contributed by atoms with Crippen LogP contribution in [0.5, 0.6) is 5.88 Å². The first-order chi connectivity index (χ1) is 15.0. The quantitative estimate of drug-likeness (QED) is 0.653. The number of carbonyl (C=O) groups excluding carboxylic acids is 1. The van der Waals surface area contributed by atoms with Crippen molar-refractivity contribution in [3.63, 3.8) is 0 Å². The molecule has 11 heteroatoms. The molecule has 166 valence electrons. The van der Waals surface area contributed by atoms with Crippen LogP contribution in [-0.4, -0.2) is 44.2 Å². The van der Waals surface area contributed by atoms with E-state index in [0.29, 0.717) is 19.0 Å². The second kappa shape index (κ2) is 7.88. The van der Waals surface area contributed by atoms with Crippen LogP contribution in [0.1, 0.15) is 42.3 Å². The van der Waals surface area contributed by atoms with Crippen molar-refractivity contribution in [2.75, 3.05) is 18.5 Å². The summed E-state index contributed by atoms with van der Waals surface area (Å²) < 4.78 is 24.4. The standard InChI is InChI=1S/C20H27N7O3S/c1-2-22-12-10-27-19(30-11-12)17(9-23-27)31(21,29)26-20(28)25-18-13-5-3-7-15(13)24-16-8-4-6-14(16)18/h9,12,22H,2-8,10-11H2,1H3,(H3,21,24,25,26,28,29). The largest absolute Gasteiger partial charge is 0.475 e. The van der Waals surface area contributed by atoms with Gasteiger partial charge in [-0.05, 0) is 56.2 Å². The van der Waals surface area contributed by atoms with Crippen molar-refractivity contribution in [1.29, 1.82) is 0 Å². The number of amides is 2. The van der Waals surface area contributed by atoms with Crippen molar-refractivity contribution in [2.45, 2.75) is 62.9 Å². The molecule has 2 aromatic rings. The van der Waals surface area contributed by atoms with E-state index in [9.17, 15) is 9.00 Å². The predicted molar refractivity (Wildman–Crippen MR) is 116 cm³/mol. The maximum atomic E-state index is 13.2. The highest BCUT2D eigenvalue weighted by molar-refractivity contribution is 7.91. The van der Waals surface area contributed by atoms with E-state index in [1.807, 2.05) is 6.92 Å².